The highest BCUT2D eigenvalue weighted by Gasteiger charge is 2.00. The molecule has 0 unspecified atom stereocenters. The van der Waals surface area contributed by atoms with E-state index >= 15 is 0 Å². The van der Waals surface area contributed by atoms with E-state index in [1.807, 2.05) is 13.8 Å². The quantitative estimate of drug-likeness (QED) is 0.0513. The summed E-state index contributed by atoms with van der Waals surface area (Å²) in [6.07, 6.45) is 39.1. The molecular weight excluding hydrogens is 568 g/mol. The van der Waals surface area contributed by atoms with Gasteiger partial charge in [-0.05, 0) is 24.7 Å². The van der Waals surface area contributed by atoms with Crippen molar-refractivity contribution in [2.75, 3.05) is 13.2 Å². The lowest BCUT2D eigenvalue weighted by Crippen LogP contribution is -2.03. The molecule has 0 saturated heterocycles. The van der Waals surface area contributed by atoms with Gasteiger partial charge in [-0.1, -0.05) is 208 Å². The third-order valence-electron chi connectivity index (χ3n) is 8.96. The molecule has 0 N–H and O–H groups in total. The van der Waals surface area contributed by atoms with Gasteiger partial charge in [0, 0.05) is 12.8 Å². The van der Waals surface area contributed by atoms with Crippen LogP contribution in [0.25, 0.3) is 0 Å². The van der Waals surface area contributed by atoms with E-state index in [1.54, 1.807) is 0 Å². The number of ether oxygens (including phenoxy) is 2. The van der Waals surface area contributed by atoms with E-state index in [4.69, 9.17) is 9.47 Å². The zero-order chi connectivity index (χ0) is 34.4. The van der Waals surface area contributed by atoms with Gasteiger partial charge in [-0.15, -0.1) is 0 Å². The number of carbonyl (C=O) groups is 2. The average Bonchev–Trinajstić information content (AvgIpc) is 3.04. The first kappa shape index (κ1) is 47.1. The molecule has 4 nitrogen and oxygen atoms in total. The second-order valence-corrected chi connectivity index (χ2v) is 14.7. The monoisotopic (exact) mass is 653 g/mol. The lowest BCUT2D eigenvalue weighted by atomic mass is 10.0. The Morgan fingerprint density at radius 1 is 0.348 bits per heavy atom. The van der Waals surface area contributed by atoms with Crippen LogP contribution >= 0.6 is 0 Å². The van der Waals surface area contributed by atoms with Crippen LogP contribution in [0.15, 0.2) is 0 Å². The van der Waals surface area contributed by atoms with Gasteiger partial charge in [0.2, 0.25) is 0 Å². The fourth-order valence-electron chi connectivity index (χ4n) is 5.77. The molecule has 46 heavy (non-hydrogen) atoms. The summed E-state index contributed by atoms with van der Waals surface area (Å²) in [5.41, 5.74) is 0. The molecule has 0 heterocycles. The highest BCUT2D eigenvalue weighted by molar-refractivity contribution is 5.69. The minimum absolute atomic E-state index is 0.0649. The Morgan fingerprint density at radius 3 is 0.739 bits per heavy atom. The molecule has 0 aromatic heterocycles. The summed E-state index contributed by atoms with van der Waals surface area (Å²) >= 11 is 0. The van der Waals surface area contributed by atoms with Crippen molar-refractivity contribution in [2.24, 2.45) is 11.8 Å². The molecule has 0 saturated carbocycles. The van der Waals surface area contributed by atoms with Crippen LogP contribution in [0.4, 0.5) is 0 Å². The Hall–Kier alpha value is -1.06. The highest BCUT2D eigenvalue weighted by atomic mass is 16.5. The van der Waals surface area contributed by atoms with Crippen LogP contribution in [0, 0.1) is 11.8 Å². The summed E-state index contributed by atoms with van der Waals surface area (Å²) < 4.78 is 10.1. The molecule has 0 aliphatic heterocycles. The molecular formula is C42H84O4. The van der Waals surface area contributed by atoms with Crippen molar-refractivity contribution in [2.45, 2.75) is 234 Å². The van der Waals surface area contributed by atoms with Crippen molar-refractivity contribution >= 4 is 11.9 Å². The maximum Gasteiger partial charge on any atom is 0.305 e. The van der Waals surface area contributed by atoms with Crippen LogP contribution in [0.3, 0.4) is 0 Å². The number of unbranched alkanes of at least 4 members (excludes halogenated alkanes) is 24. The van der Waals surface area contributed by atoms with Crippen molar-refractivity contribution in [3.05, 3.63) is 0 Å². The number of carbonyl (C=O) groups excluding carboxylic acids is 2. The summed E-state index contributed by atoms with van der Waals surface area (Å²) in [6.45, 7) is 14.2. The predicted octanol–water partition coefficient (Wildman–Crippen LogP) is 14.1. The summed E-state index contributed by atoms with van der Waals surface area (Å²) in [4.78, 5) is 21.9. The van der Waals surface area contributed by atoms with Gasteiger partial charge in [-0.25, -0.2) is 0 Å². The summed E-state index contributed by atoms with van der Waals surface area (Å²) in [7, 11) is 0. The third-order valence-corrected chi connectivity index (χ3v) is 8.96. The standard InChI is InChI=1S/2C21H42O2/c2*1-4-21(22)23-19-17-15-13-11-9-7-5-6-8-10-12-14-16-18-20(2)3/h2*20H,4-19H2,1-3H3. The van der Waals surface area contributed by atoms with Gasteiger partial charge in [0.25, 0.3) is 0 Å². The van der Waals surface area contributed by atoms with Crippen molar-refractivity contribution in [3.8, 4) is 0 Å². The van der Waals surface area contributed by atoms with E-state index in [-0.39, 0.29) is 11.9 Å². The number of esters is 2. The first-order valence-electron chi connectivity index (χ1n) is 20.6. The molecule has 276 valence electrons. The number of rotatable bonds is 34. The van der Waals surface area contributed by atoms with Crippen LogP contribution < -0.4 is 0 Å². The van der Waals surface area contributed by atoms with Gasteiger partial charge < -0.3 is 9.47 Å². The van der Waals surface area contributed by atoms with Crippen molar-refractivity contribution < 1.29 is 19.1 Å². The minimum Gasteiger partial charge on any atom is -0.466 e. The van der Waals surface area contributed by atoms with Crippen LogP contribution in [0.5, 0.6) is 0 Å². The van der Waals surface area contributed by atoms with Crippen molar-refractivity contribution in [3.63, 3.8) is 0 Å². The van der Waals surface area contributed by atoms with Gasteiger partial charge in [0.05, 0.1) is 13.2 Å². The number of hydrogen-bond donors (Lipinski definition) is 0. The molecule has 0 fully saturated rings. The van der Waals surface area contributed by atoms with E-state index in [1.165, 1.54) is 167 Å². The Kier molecular flexibility index (Phi) is 41.0. The van der Waals surface area contributed by atoms with Crippen LogP contribution in [0.1, 0.15) is 234 Å². The average molecular weight is 653 g/mol. The molecule has 0 spiro atoms. The van der Waals surface area contributed by atoms with Crippen molar-refractivity contribution in [1.29, 1.82) is 0 Å². The maximum absolute atomic E-state index is 11.0. The summed E-state index contributed by atoms with van der Waals surface area (Å²) in [5, 5.41) is 0. The van der Waals surface area contributed by atoms with Crippen LogP contribution in [0.2, 0.25) is 0 Å². The topological polar surface area (TPSA) is 52.6 Å². The molecule has 0 amide bonds. The zero-order valence-corrected chi connectivity index (χ0v) is 32.4. The highest BCUT2D eigenvalue weighted by Crippen LogP contribution is 2.16. The summed E-state index contributed by atoms with van der Waals surface area (Å²) in [5.74, 6) is 1.62. The third kappa shape index (κ3) is 45.1. The second kappa shape index (κ2) is 40.1. The maximum atomic E-state index is 11.0. The molecule has 0 bridgehead atoms. The lowest BCUT2D eigenvalue weighted by Gasteiger charge is -2.05. The van der Waals surface area contributed by atoms with E-state index in [0.29, 0.717) is 26.1 Å². The second-order valence-electron chi connectivity index (χ2n) is 14.7. The molecule has 0 radical (unpaired) electrons. The molecule has 0 aliphatic rings. The number of hydrogen-bond acceptors (Lipinski definition) is 4. The smallest absolute Gasteiger partial charge is 0.305 e. The fraction of sp³-hybridized carbons (Fsp3) is 0.952. The molecule has 0 rings (SSSR count). The van der Waals surface area contributed by atoms with Crippen molar-refractivity contribution in [1.82, 2.24) is 0 Å². The van der Waals surface area contributed by atoms with Gasteiger partial charge in [0.15, 0.2) is 0 Å². The van der Waals surface area contributed by atoms with Gasteiger partial charge in [-0.3, -0.25) is 9.59 Å². The van der Waals surface area contributed by atoms with Crippen LogP contribution in [-0.4, -0.2) is 25.2 Å². The Balaban J connectivity index is 0. The molecule has 0 aromatic rings. The minimum atomic E-state index is -0.0649. The van der Waals surface area contributed by atoms with Gasteiger partial charge in [-0.2, -0.15) is 0 Å². The summed E-state index contributed by atoms with van der Waals surface area (Å²) in [6, 6.07) is 0. The zero-order valence-electron chi connectivity index (χ0n) is 32.4. The SMILES string of the molecule is CCC(=O)OCCCCCCCCCCCCCCCC(C)C.CCC(=O)OCCCCCCCCCCCCCCCC(C)C. The molecule has 0 aromatic carbocycles. The molecule has 4 heteroatoms. The van der Waals surface area contributed by atoms with Gasteiger partial charge >= 0.3 is 11.9 Å². The lowest BCUT2D eigenvalue weighted by molar-refractivity contribution is -0.144. The Morgan fingerprint density at radius 2 is 0.543 bits per heavy atom. The normalized spacial score (nSPS) is 11.1. The first-order valence-corrected chi connectivity index (χ1v) is 20.6. The van der Waals surface area contributed by atoms with E-state index in [0.717, 1.165) is 24.7 Å². The Labute approximate surface area is 289 Å². The molecule has 0 aliphatic carbocycles. The fourth-order valence-corrected chi connectivity index (χ4v) is 5.77. The first-order chi connectivity index (χ1) is 22.3. The van der Waals surface area contributed by atoms with E-state index < -0.39 is 0 Å². The van der Waals surface area contributed by atoms with E-state index in [2.05, 4.69) is 27.7 Å². The Bertz CT molecular complexity index is 548. The largest absolute Gasteiger partial charge is 0.466 e. The van der Waals surface area contributed by atoms with Gasteiger partial charge in [0.1, 0.15) is 0 Å². The predicted molar refractivity (Wildman–Crippen MR) is 201 cm³/mol. The molecule has 0 atom stereocenters. The van der Waals surface area contributed by atoms with Crippen LogP contribution in [-0.2, 0) is 19.1 Å². The van der Waals surface area contributed by atoms with E-state index in [9.17, 15) is 9.59 Å².